The Hall–Kier alpha value is -4.25. The largest absolute Gasteiger partial charge is 0.457 e. The predicted octanol–water partition coefficient (Wildman–Crippen LogP) is 9.05. The summed E-state index contributed by atoms with van der Waals surface area (Å²) < 4.78 is 33.3. The van der Waals surface area contributed by atoms with Crippen LogP contribution < -0.4 is 9.64 Å². The molecule has 3 heterocycles. The molecule has 3 aromatic carbocycles. The molecule has 1 aliphatic rings. The Bertz CT molecular complexity index is 1910. The van der Waals surface area contributed by atoms with Crippen LogP contribution in [0.4, 0.5) is 5.69 Å². The number of ether oxygens (including phenoxy) is 1. The maximum absolute atomic E-state index is 8.20. The second-order valence-electron chi connectivity index (χ2n) is 13.0. The van der Waals surface area contributed by atoms with Crippen LogP contribution in [0.3, 0.4) is 0 Å². The fourth-order valence-corrected chi connectivity index (χ4v) is 5.85. The SMILES string of the molecule is [2H]C([2H])([2H])N1C(=C)N(c2cccc(Oc3ccc4c5ccccc5n(-c5cc(C(C)(C)C)ccn5)c4c3)c2)C(C)(C)C1(C)C. The molecule has 0 saturated carbocycles. The third kappa shape index (κ3) is 4.18. The Kier molecular flexibility index (Phi) is 5.22. The van der Waals surface area contributed by atoms with Crippen molar-refractivity contribution in [1.82, 2.24) is 14.5 Å². The summed E-state index contributed by atoms with van der Waals surface area (Å²) in [6, 6.07) is 26.5. The lowest BCUT2D eigenvalue weighted by Gasteiger charge is -2.41. The van der Waals surface area contributed by atoms with Gasteiger partial charge in [0.05, 0.1) is 22.1 Å². The molecule has 1 saturated heterocycles. The molecule has 2 aromatic heterocycles. The molecule has 41 heavy (non-hydrogen) atoms. The molecule has 0 bridgehead atoms. The zero-order valence-electron chi connectivity index (χ0n) is 28.0. The van der Waals surface area contributed by atoms with Crippen LogP contribution in [0.25, 0.3) is 27.6 Å². The van der Waals surface area contributed by atoms with Crippen LogP contribution in [0.15, 0.2) is 97.5 Å². The van der Waals surface area contributed by atoms with Crippen LogP contribution in [-0.2, 0) is 5.41 Å². The van der Waals surface area contributed by atoms with Crippen molar-refractivity contribution in [3.63, 3.8) is 0 Å². The van der Waals surface area contributed by atoms with Gasteiger partial charge in [0.15, 0.2) is 0 Å². The van der Waals surface area contributed by atoms with Gasteiger partial charge in [0.25, 0.3) is 0 Å². The molecule has 0 atom stereocenters. The molecule has 5 heteroatoms. The maximum atomic E-state index is 8.20. The summed E-state index contributed by atoms with van der Waals surface area (Å²) in [7, 11) is 0. The molecule has 0 aliphatic carbocycles. The van der Waals surface area contributed by atoms with E-state index in [1.807, 2.05) is 69.1 Å². The molecular formula is C36H40N4O. The summed E-state index contributed by atoms with van der Waals surface area (Å²) >= 11 is 0. The minimum absolute atomic E-state index is 0.0132. The van der Waals surface area contributed by atoms with Gasteiger partial charge in [-0.2, -0.15) is 0 Å². The normalized spacial score (nSPS) is 18.0. The second-order valence-corrected chi connectivity index (χ2v) is 13.0. The molecular weight excluding hydrogens is 504 g/mol. The summed E-state index contributed by atoms with van der Waals surface area (Å²) in [5, 5.41) is 2.27. The molecule has 0 amide bonds. The Morgan fingerprint density at radius 3 is 2.27 bits per heavy atom. The summed E-state index contributed by atoms with van der Waals surface area (Å²) in [5.74, 6) is 2.63. The Morgan fingerprint density at radius 2 is 1.54 bits per heavy atom. The van der Waals surface area contributed by atoms with Gasteiger partial charge in [0.2, 0.25) is 0 Å². The molecule has 1 fully saturated rings. The second kappa shape index (κ2) is 9.13. The number of nitrogens with zero attached hydrogens (tertiary/aromatic N) is 4. The number of hydrogen-bond acceptors (Lipinski definition) is 4. The number of aromatic nitrogens is 2. The third-order valence-corrected chi connectivity index (χ3v) is 8.93. The highest BCUT2D eigenvalue weighted by Crippen LogP contribution is 2.47. The van der Waals surface area contributed by atoms with Crippen molar-refractivity contribution in [2.75, 3.05) is 11.9 Å². The number of hydrogen-bond donors (Lipinski definition) is 0. The molecule has 1 aliphatic heterocycles. The van der Waals surface area contributed by atoms with Crippen molar-refractivity contribution < 1.29 is 8.85 Å². The van der Waals surface area contributed by atoms with Crippen LogP contribution >= 0.6 is 0 Å². The Balaban J connectivity index is 1.42. The van der Waals surface area contributed by atoms with E-state index in [1.165, 1.54) is 10.5 Å². The van der Waals surface area contributed by atoms with E-state index in [9.17, 15) is 0 Å². The van der Waals surface area contributed by atoms with Gasteiger partial charge in [0.1, 0.15) is 23.1 Å². The highest BCUT2D eigenvalue weighted by atomic mass is 16.5. The molecule has 210 valence electrons. The summed E-state index contributed by atoms with van der Waals surface area (Å²) in [4.78, 5) is 8.23. The van der Waals surface area contributed by atoms with Gasteiger partial charge in [-0.05, 0) is 81.1 Å². The van der Waals surface area contributed by atoms with Gasteiger partial charge in [-0.1, -0.05) is 51.6 Å². The summed E-state index contributed by atoms with van der Waals surface area (Å²) in [5.41, 5.74) is 2.83. The van der Waals surface area contributed by atoms with Gasteiger partial charge in [-0.15, -0.1) is 0 Å². The van der Waals surface area contributed by atoms with Gasteiger partial charge < -0.3 is 14.5 Å². The molecule has 5 aromatic rings. The molecule has 6 rings (SSSR count). The monoisotopic (exact) mass is 547 g/mol. The first-order chi connectivity index (χ1) is 20.5. The topological polar surface area (TPSA) is 33.5 Å². The lowest BCUT2D eigenvalue weighted by Crippen LogP contribution is -2.53. The minimum atomic E-state index is -2.32. The van der Waals surface area contributed by atoms with E-state index >= 15 is 0 Å². The van der Waals surface area contributed by atoms with Crippen LogP contribution in [-0.4, -0.2) is 32.5 Å². The van der Waals surface area contributed by atoms with E-state index in [0.717, 1.165) is 33.3 Å². The van der Waals surface area contributed by atoms with Crippen LogP contribution in [0.2, 0.25) is 0 Å². The fourth-order valence-electron chi connectivity index (χ4n) is 5.85. The van der Waals surface area contributed by atoms with Crippen molar-refractivity contribution in [3.8, 4) is 17.3 Å². The van der Waals surface area contributed by atoms with Crippen molar-refractivity contribution >= 4 is 27.5 Å². The molecule has 5 nitrogen and oxygen atoms in total. The highest BCUT2D eigenvalue weighted by molar-refractivity contribution is 6.09. The number of benzene rings is 3. The number of likely N-dealkylation sites (N-methyl/N-ethyl adjacent to an activating group) is 1. The smallest absolute Gasteiger partial charge is 0.137 e. The lowest BCUT2D eigenvalue weighted by atomic mass is 9.82. The molecule has 0 unspecified atom stereocenters. The van der Waals surface area contributed by atoms with E-state index in [0.29, 0.717) is 17.3 Å². The van der Waals surface area contributed by atoms with Crippen molar-refractivity contribution in [3.05, 3.63) is 103 Å². The maximum Gasteiger partial charge on any atom is 0.137 e. The first kappa shape index (κ1) is 23.5. The quantitative estimate of drug-likeness (QED) is 0.225. The number of para-hydroxylation sites is 1. The average Bonchev–Trinajstić information content (AvgIpc) is 3.32. The van der Waals surface area contributed by atoms with Crippen LogP contribution in [0.1, 0.15) is 58.1 Å². The number of anilines is 1. The molecule has 0 radical (unpaired) electrons. The molecule has 0 N–H and O–H groups in total. The number of fused-ring (bicyclic) bond motifs is 3. The Labute approximate surface area is 247 Å². The average molecular weight is 548 g/mol. The third-order valence-electron chi connectivity index (χ3n) is 8.93. The van der Waals surface area contributed by atoms with Gasteiger partial charge in [0, 0.05) is 45.9 Å². The first-order valence-corrected chi connectivity index (χ1v) is 14.1. The fraction of sp³-hybridized carbons (Fsp3) is 0.306. The van der Waals surface area contributed by atoms with E-state index in [2.05, 4.69) is 80.4 Å². The van der Waals surface area contributed by atoms with Crippen molar-refractivity contribution in [2.24, 2.45) is 0 Å². The Morgan fingerprint density at radius 1 is 0.805 bits per heavy atom. The lowest BCUT2D eigenvalue weighted by molar-refractivity contribution is 0.182. The minimum Gasteiger partial charge on any atom is -0.457 e. The summed E-state index contributed by atoms with van der Waals surface area (Å²) in [6.07, 6.45) is 1.88. The van der Waals surface area contributed by atoms with E-state index in [-0.39, 0.29) is 5.41 Å². The predicted molar refractivity (Wildman–Crippen MR) is 171 cm³/mol. The van der Waals surface area contributed by atoms with E-state index in [4.69, 9.17) is 13.8 Å². The van der Waals surface area contributed by atoms with Crippen molar-refractivity contribution in [2.45, 2.75) is 65.0 Å². The van der Waals surface area contributed by atoms with Gasteiger partial charge in [-0.25, -0.2) is 4.98 Å². The standard InChI is InChI=1S/C36H40N4O/c1-24-38(9)35(5,6)36(7,8)40(24)26-13-12-14-27(22-26)41-28-17-18-30-29-15-10-11-16-31(29)39(32(30)23-28)33-21-25(19-20-37-33)34(2,3)4/h10-23H,1H2,2-9H3/i9D3. The van der Waals surface area contributed by atoms with Crippen LogP contribution in [0, 0.1) is 0 Å². The van der Waals surface area contributed by atoms with Gasteiger partial charge in [-0.3, -0.25) is 4.57 Å². The number of rotatable bonds is 4. The first-order valence-electron chi connectivity index (χ1n) is 15.6. The van der Waals surface area contributed by atoms with E-state index < -0.39 is 18.1 Å². The van der Waals surface area contributed by atoms with Gasteiger partial charge >= 0.3 is 0 Å². The zero-order chi connectivity index (χ0) is 31.8. The number of pyridine rings is 1. The summed E-state index contributed by atoms with van der Waals surface area (Å²) in [6.45, 7) is 16.5. The zero-order valence-corrected chi connectivity index (χ0v) is 25.0. The van der Waals surface area contributed by atoms with Crippen LogP contribution in [0.5, 0.6) is 11.5 Å². The van der Waals surface area contributed by atoms with E-state index in [1.54, 1.807) is 0 Å². The molecule has 0 spiro atoms. The van der Waals surface area contributed by atoms with Crippen molar-refractivity contribution in [1.29, 1.82) is 0 Å². The highest BCUT2D eigenvalue weighted by Gasteiger charge is 2.53.